The molecule has 1 saturated heterocycles. The summed E-state index contributed by atoms with van der Waals surface area (Å²) < 4.78 is 10.7. The van der Waals surface area contributed by atoms with Crippen molar-refractivity contribution in [2.24, 2.45) is 5.92 Å². The van der Waals surface area contributed by atoms with E-state index in [0.717, 1.165) is 42.7 Å². The number of nitriles is 1. The first-order valence-corrected chi connectivity index (χ1v) is 7.93. The Kier molecular flexibility index (Phi) is 5.06. The van der Waals surface area contributed by atoms with Gasteiger partial charge in [0.15, 0.2) is 0 Å². The van der Waals surface area contributed by atoms with Crippen molar-refractivity contribution in [1.82, 2.24) is 4.98 Å². The Morgan fingerprint density at radius 3 is 3.04 bits per heavy atom. The zero-order chi connectivity index (χ0) is 16.1. The van der Waals surface area contributed by atoms with Crippen LogP contribution in [-0.2, 0) is 9.47 Å². The minimum Gasteiger partial charge on any atom is -0.382 e. The molecule has 23 heavy (non-hydrogen) atoms. The third-order valence-electron chi connectivity index (χ3n) is 4.25. The lowest BCUT2D eigenvalue weighted by molar-refractivity contribution is 0.0549. The van der Waals surface area contributed by atoms with Gasteiger partial charge in [-0.3, -0.25) is 4.98 Å². The summed E-state index contributed by atoms with van der Waals surface area (Å²) in [5.74, 6) is 0.491. The van der Waals surface area contributed by atoms with Gasteiger partial charge in [-0.15, -0.1) is 0 Å². The molecule has 5 heteroatoms. The van der Waals surface area contributed by atoms with E-state index in [1.807, 2.05) is 24.3 Å². The summed E-state index contributed by atoms with van der Waals surface area (Å²) in [4.78, 5) is 6.68. The van der Waals surface area contributed by atoms with Gasteiger partial charge >= 0.3 is 0 Å². The first-order chi connectivity index (χ1) is 11.3. The first-order valence-electron chi connectivity index (χ1n) is 7.93. The Hall–Kier alpha value is -2.16. The number of benzene rings is 1. The van der Waals surface area contributed by atoms with Crippen LogP contribution in [-0.4, -0.2) is 45.0 Å². The van der Waals surface area contributed by atoms with Crippen LogP contribution in [0.25, 0.3) is 10.9 Å². The van der Waals surface area contributed by atoms with E-state index in [-0.39, 0.29) is 0 Å². The summed E-state index contributed by atoms with van der Waals surface area (Å²) in [5.41, 5.74) is 2.59. The second kappa shape index (κ2) is 7.40. The summed E-state index contributed by atoms with van der Waals surface area (Å²) >= 11 is 0. The fraction of sp³-hybridized carbons (Fsp3) is 0.444. The molecule has 1 aromatic heterocycles. The topological polar surface area (TPSA) is 58.4 Å². The van der Waals surface area contributed by atoms with Gasteiger partial charge in [0.25, 0.3) is 0 Å². The highest BCUT2D eigenvalue weighted by Gasteiger charge is 2.26. The first kappa shape index (κ1) is 15.7. The zero-order valence-electron chi connectivity index (χ0n) is 13.4. The van der Waals surface area contributed by atoms with E-state index in [0.29, 0.717) is 24.7 Å². The van der Waals surface area contributed by atoms with Crippen LogP contribution in [0.3, 0.4) is 0 Å². The average Bonchev–Trinajstić information content (AvgIpc) is 3.06. The van der Waals surface area contributed by atoms with Gasteiger partial charge in [-0.25, -0.2) is 0 Å². The van der Waals surface area contributed by atoms with Crippen LogP contribution < -0.4 is 4.90 Å². The van der Waals surface area contributed by atoms with Crippen LogP contribution in [0.15, 0.2) is 30.5 Å². The minimum atomic E-state index is 0.491. The Morgan fingerprint density at radius 1 is 1.35 bits per heavy atom. The normalized spacial score (nSPS) is 17.6. The van der Waals surface area contributed by atoms with E-state index < -0.39 is 0 Å². The Labute approximate surface area is 136 Å². The second-order valence-electron chi connectivity index (χ2n) is 5.82. The highest BCUT2D eigenvalue weighted by Crippen LogP contribution is 2.33. The van der Waals surface area contributed by atoms with E-state index in [1.165, 1.54) is 0 Å². The lowest BCUT2D eigenvalue weighted by Gasteiger charge is -2.22. The van der Waals surface area contributed by atoms with E-state index >= 15 is 0 Å². The van der Waals surface area contributed by atoms with Gasteiger partial charge in [-0.05, 0) is 12.5 Å². The number of ether oxygens (including phenoxy) is 2. The predicted octanol–water partition coefficient (Wildman–Crippen LogP) is 2.60. The summed E-state index contributed by atoms with van der Waals surface area (Å²) in [7, 11) is 1.68. The maximum atomic E-state index is 9.45. The van der Waals surface area contributed by atoms with Gasteiger partial charge < -0.3 is 14.4 Å². The Balaban J connectivity index is 1.77. The molecule has 5 nitrogen and oxygen atoms in total. The lowest BCUT2D eigenvalue weighted by atomic mass is 10.1. The van der Waals surface area contributed by atoms with Gasteiger partial charge in [0, 0.05) is 37.7 Å². The van der Waals surface area contributed by atoms with Crippen molar-refractivity contribution in [3.63, 3.8) is 0 Å². The third-order valence-corrected chi connectivity index (χ3v) is 4.25. The van der Waals surface area contributed by atoms with E-state index in [4.69, 9.17) is 9.47 Å². The molecule has 1 aliphatic heterocycles. The van der Waals surface area contributed by atoms with Crippen LogP contribution in [0.1, 0.15) is 12.0 Å². The average molecular weight is 311 g/mol. The summed E-state index contributed by atoms with van der Waals surface area (Å²) in [6.07, 6.45) is 2.76. The van der Waals surface area contributed by atoms with Gasteiger partial charge in [0.2, 0.25) is 0 Å². The molecule has 0 aliphatic carbocycles. The van der Waals surface area contributed by atoms with E-state index in [9.17, 15) is 5.26 Å². The molecule has 1 atom stereocenters. The van der Waals surface area contributed by atoms with Crippen LogP contribution in [0.4, 0.5) is 5.69 Å². The number of aromatic nitrogens is 1. The molecule has 0 amide bonds. The molecule has 0 saturated carbocycles. The molecule has 2 heterocycles. The molecule has 3 rings (SSSR count). The van der Waals surface area contributed by atoms with Crippen LogP contribution in [0, 0.1) is 17.2 Å². The van der Waals surface area contributed by atoms with Gasteiger partial charge in [-0.2, -0.15) is 5.26 Å². The number of hydrogen-bond acceptors (Lipinski definition) is 5. The number of rotatable bonds is 6. The number of pyridine rings is 1. The predicted molar refractivity (Wildman–Crippen MR) is 89.5 cm³/mol. The third kappa shape index (κ3) is 3.44. The van der Waals surface area contributed by atoms with Crippen molar-refractivity contribution in [3.05, 3.63) is 36.0 Å². The number of fused-ring (bicyclic) bond motifs is 1. The molecule has 1 aliphatic rings. The second-order valence-corrected chi connectivity index (χ2v) is 5.82. The molecule has 120 valence electrons. The Bertz CT molecular complexity index is 711. The van der Waals surface area contributed by atoms with E-state index in [2.05, 4.69) is 16.0 Å². The summed E-state index contributed by atoms with van der Waals surface area (Å²) in [5, 5.41) is 10.5. The summed E-state index contributed by atoms with van der Waals surface area (Å²) in [6, 6.07) is 10.3. The highest BCUT2D eigenvalue weighted by atomic mass is 16.5. The summed E-state index contributed by atoms with van der Waals surface area (Å²) in [6.45, 7) is 3.86. The van der Waals surface area contributed by atoms with Gasteiger partial charge in [0.05, 0.1) is 36.6 Å². The van der Waals surface area contributed by atoms with Crippen LogP contribution >= 0.6 is 0 Å². The van der Waals surface area contributed by atoms with Gasteiger partial charge in [-0.1, -0.05) is 18.2 Å². The quantitative estimate of drug-likeness (QED) is 0.768. The molecule has 0 radical (unpaired) electrons. The number of nitrogens with zero attached hydrogens (tertiary/aromatic N) is 3. The van der Waals surface area contributed by atoms with Crippen molar-refractivity contribution in [2.45, 2.75) is 6.42 Å². The maximum absolute atomic E-state index is 9.45. The molecule has 0 spiro atoms. The fourth-order valence-corrected chi connectivity index (χ4v) is 3.11. The fourth-order valence-electron chi connectivity index (χ4n) is 3.11. The van der Waals surface area contributed by atoms with Gasteiger partial charge in [0.1, 0.15) is 6.07 Å². The number of anilines is 1. The van der Waals surface area contributed by atoms with Crippen molar-refractivity contribution in [1.29, 1.82) is 5.26 Å². The maximum Gasteiger partial charge on any atom is 0.103 e. The van der Waals surface area contributed by atoms with Crippen LogP contribution in [0.2, 0.25) is 0 Å². The molecule has 1 fully saturated rings. The molecular formula is C18H21N3O2. The van der Waals surface area contributed by atoms with E-state index in [1.54, 1.807) is 13.3 Å². The molecule has 1 unspecified atom stereocenters. The molecular weight excluding hydrogens is 290 g/mol. The zero-order valence-corrected chi connectivity index (χ0v) is 13.4. The molecule has 2 aromatic rings. The number of para-hydroxylation sites is 1. The lowest BCUT2D eigenvalue weighted by Crippen LogP contribution is -2.23. The smallest absolute Gasteiger partial charge is 0.103 e. The number of methoxy groups -OCH3 is 1. The minimum absolute atomic E-state index is 0.491. The van der Waals surface area contributed by atoms with Crippen molar-refractivity contribution >= 4 is 16.6 Å². The highest BCUT2D eigenvalue weighted by molar-refractivity contribution is 5.94. The standard InChI is InChI=1S/C18H21N3O2/c1-22-8-9-23-13-14-6-7-21(12-14)18-15(10-19)11-20-17-5-3-2-4-16(17)18/h2-5,11,14H,6-9,12-13H2,1H3. The van der Waals surface area contributed by atoms with Crippen molar-refractivity contribution in [3.8, 4) is 6.07 Å². The largest absolute Gasteiger partial charge is 0.382 e. The van der Waals surface area contributed by atoms with Crippen LogP contribution in [0.5, 0.6) is 0 Å². The monoisotopic (exact) mass is 311 g/mol. The SMILES string of the molecule is COCCOCC1CCN(c2c(C#N)cnc3ccccc23)C1. The van der Waals surface area contributed by atoms with Crippen molar-refractivity contribution < 1.29 is 9.47 Å². The molecule has 1 aromatic carbocycles. The molecule has 0 N–H and O–H groups in total. The Morgan fingerprint density at radius 2 is 2.22 bits per heavy atom. The van der Waals surface area contributed by atoms with Crippen molar-refractivity contribution in [2.75, 3.05) is 44.9 Å². The molecule has 0 bridgehead atoms. The number of hydrogen-bond donors (Lipinski definition) is 0.